The zero-order chi connectivity index (χ0) is 17.4. The minimum Gasteiger partial charge on any atom is -0.393 e. The Labute approximate surface area is 152 Å². The molecule has 0 bridgehead atoms. The van der Waals surface area contributed by atoms with Crippen molar-refractivity contribution in [2.45, 2.75) is 84.0 Å². The first-order chi connectivity index (χ1) is 11.9. The van der Waals surface area contributed by atoms with E-state index in [1.807, 2.05) is 0 Å². The Morgan fingerprint density at radius 1 is 0.880 bits per heavy atom. The Balaban J connectivity index is 1.45. The van der Waals surface area contributed by atoms with Crippen molar-refractivity contribution in [1.82, 2.24) is 0 Å². The molecule has 0 aromatic heterocycles. The van der Waals surface area contributed by atoms with Crippen LogP contribution in [0, 0.1) is 40.4 Å². The highest BCUT2D eigenvalue weighted by Gasteiger charge is 2.63. The average Bonchev–Trinajstić information content (AvgIpc) is 3.15. The number of ether oxygens (including phenoxy) is 2. The van der Waals surface area contributed by atoms with E-state index in [-0.39, 0.29) is 17.3 Å². The van der Waals surface area contributed by atoms with Crippen LogP contribution in [0.3, 0.4) is 0 Å². The number of hydrogen-bond acceptors (Lipinski definition) is 3. The molecule has 1 N–H and O–H groups in total. The van der Waals surface area contributed by atoms with Gasteiger partial charge in [0.25, 0.3) is 0 Å². The van der Waals surface area contributed by atoms with Crippen LogP contribution in [-0.2, 0) is 9.47 Å². The molecule has 3 heteroatoms. The monoisotopic (exact) mass is 348 g/mol. The maximum atomic E-state index is 10.7. The zero-order valence-corrected chi connectivity index (χ0v) is 16.3. The van der Waals surface area contributed by atoms with Crippen molar-refractivity contribution in [1.29, 1.82) is 0 Å². The highest BCUT2D eigenvalue weighted by Crippen LogP contribution is 2.68. The predicted octanol–water partition coefficient (Wildman–Crippen LogP) is 4.38. The normalized spacial score (nSPS) is 57.1. The van der Waals surface area contributed by atoms with Crippen molar-refractivity contribution in [2.24, 2.45) is 40.4 Å². The Kier molecular flexibility index (Phi) is 3.71. The summed E-state index contributed by atoms with van der Waals surface area (Å²) in [4.78, 5) is 0. The Morgan fingerprint density at radius 2 is 1.60 bits per heavy atom. The van der Waals surface area contributed by atoms with Crippen LogP contribution in [0.15, 0.2) is 0 Å². The molecule has 1 spiro atoms. The zero-order valence-electron chi connectivity index (χ0n) is 16.3. The van der Waals surface area contributed by atoms with Crippen molar-refractivity contribution in [2.75, 3.05) is 13.2 Å². The van der Waals surface area contributed by atoms with Crippen LogP contribution in [0.1, 0.15) is 72.1 Å². The van der Waals surface area contributed by atoms with Gasteiger partial charge in [-0.05, 0) is 78.9 Å². The average molecular weight is 349 g/mol. The summed E-state index contributed by atoms with van der Waals surface area (Å²) in [5, 5.41) is 10.7. The van der Waals surface area contributed by atoms with E-state index in [4.69, 9.17) is 9.47 Å². The van der Waals surface area contributed by atoms with Gasteiger partial charge in [0.1, 0.15) is 0 Å². The van der Waals surface area contributed by atoms with Gasteiger partial charge in [-0.15, -0.1) is 0 Å². The number of fused-ring (bicyclic) bond motifs is 5. The molecule has 5 fully saturated rings. The largest absolute Gasteiger partial charge is 0.393 e. The second kappa shape index (κ2) is 5.45. The molecule has 4 aliphatic carbocycles. The summed E-state index contributed by atoms with van der Waals surface area (Å²) in [7, 11) is 0. The van der Waals surface area contributed by atoms with Gasteiger partial charge in [-0.2, -0.15) is 0 Å². The third-order valence-corrected chi connectivity index (χ3v) is 9.79. The molecule has 8 atom stereocenters. The molecular formula is C22H36O3. The number of aliphatic hydroxyl groups excluding tert-OH is 1. The minimum absolute atomic E-state index is 0.0638. The van der Waals surface area contributed by atoms with Gasteiger partial charge in [-0.3, -0.25) is 0 Å². The summed E-state index contributed by atoms with van der Waals surface area (Å²) < 4.78 is 12.2. The smallest absolute Gasteiger partial charge is 0.168 e. The quantitative estimate of drug-likeness (QED) is 0.706. The second-order valence-corrected chi connectivity index (χ2v) is 10.7. The van der Waals surface area contributed by atoms with E-state index in [1.54, 1.807) is 0 Å². The molecule has 1 aliphatic heterocycles. The highest BCUT2D eigenvalue weighted by atomic mass is 16.7. The lowest BCUT2D eigenvalue weighted by atomic mass is 9.43. The van der Waals surface area contributed by atoms with Gasteiger partial charge in [0.05, 0.1) is 19.3 Å². The first-order valence-corrected chi connectivity index (χ1v) is 10.8. The molecule has 5 rings (SSSR count). The topological polar surface area (TPSA) is 38.7 Å². The van der Waals surface area contributed by atoms with Gasteiger partial charge in [-0.1, -0.05) is 20.8 Å². The van der Waals surface area contributed by atoms with Crippen LogP contribution in [0.2, 0.25) is 0 Å². The maximum Gasteiger partial charge on any atom is 0.168 e. The summed E-state index contributed by atoms with van der Waals surface area (Å²) in [5.41, 5.74) is 0.638. The van der Waals surface area contributed by atoms with E-state index < -0.39 is 0 Å². The summed E-state index contributed by atoms with van der Waals surface area (Å²) in [6.07, 6.45) is 9.55. The molecule has 6 unspecified atom stereocenters. The maximum absolute atomic E-state index is 10.7. The third-order valence-electron chi connectivity index (χ3n) is 9.79. The minimum atomic E-state index is -0.247. The molecule has 1 saturated heterocycles. The lowest BCUT2D eigenvalue weighted by molar-refractivity contribution is -0.236. The number of aliphatic hydroxyl groups is 1. The van der Waals surface area contributed by atoms with Crippen molar-refractivity contribution in [3.8, 4) is 0 Å². The molecule has 0 radical (unpaired) electrons. The SMILES string of the molecule is C[C@@H]1CC2CC3(CCC2(C)C2CC[C@]4(C)C(O)CCC4C21)OCCO3. The van der Waals surface area contributed by atoms with Crippen molar-refractivity contribution >= 4 is 0 Å². The molecule has 5 aliphatic rings. The van der Waals surface area contributed by atoms with Crippen LogP contribution in [-0.4, -0.2) is 30.2 Å². The van der Waals surface area contributed by atoms with E-state index in [2.05, 4.69) is 20.8 Å². The van der Waals surface area contributed by atoms with Gasteiger partial charge >= 0.3 is 0 Å². The van der Waals surface area contributed by atoms with Gasteiger partial charge < -0.3 is 14.6 Å². The van der Waals surface area contributed by atoms with Crippen LogP contribution < -0.4 is 0 Å². The first-order valence-electron chi connectivity index (χ1n) is 10.8. The predicted molar refractivity (Wildman–Crippen MR) is 96.9 cm³/mol. The number of rotatable bonds is 0. The molecule has 25 heavy (non-hydrogen) atoms. The van der Waals surface area contributed by atoms with E-state index >= 15 is 0 Å². The Morgan fingerprint density at radius 3 is 2.36 bits per heavy atom. The van der Waals surface area contributed by atoms with Crippen LogP contribution >= 0.6 is 0 Å². The summed E-state index contributed by atoms with van der Waals surface area (Å²) in [6, 6.07) is 0. The fourth-order valence-electron chi connectivity index (χ4n) is 8.31. The van der Waals surface area contributed by atoms with Gasteiger partial charge in [0.15, 0.2) is 5.79 Å². The standard InChI is InChI=1S/C22H36O3/c1-14-12-15-13-22(24-10-11-25-22)9-8-20(15,2)17-6-7-21(3)16(19(14)17)4-5-18(21)23/h14-19,23H,4-13H2,1-3H3/t14-,15?,16?,17?,18?,19?,20?,21+/m1/s1. The molecule has 0 aromatic carbocycles. The molecule has 142 valence electrons. The fraction of sp³-hybridized carbons (Fsp3) is 1.00. The van der Waals surface area contributed by atoms with Crippen LogP contribution in [0.4, 0.5) is 0 Å². The lowest BCUT2D eigenvalue weighted by Crippen LogP contribution is -2.58. The van der Waals surface area contributed by atoms with Crippen LogP contribution in [0.5, 0.6) is 0 Å². The molecule has 3 nitrogen and oxygen atoms in total. The fourth-order valence-corrected chi connectivity index (χ4v) is 8.31. The highest BCUT2D eigenvalue weighted by molar-refractivity contribution is 5.11. The lowest BCUT2D eigenvalue weighted by Gasteiger charge is -2.63. The van der Waals surface area contributed by atoms with E-state index in [0.29, 0.717) is 5.41 Å². The molecule has 4 saturated carbocycles. The van der Waals surface area contributed by atoms with Crippen molar-refractivity contribution in [3.05, 3.63) is 0 Å². The van der Waals surface area contributed by atoms with Crippen molar-refractivity contribution in [3.63, 3.8) is 0 Å². The molecule has 1 heterocycles. The molecular weight excluding hydrogens is 312 g/mol. The summed E-state index contributed by atoms with van der Waals surface area (Å²) in [6.45, 7) is 9.05. The van der Waals surface area contributed by atoms with Gasteiger partial charge in [-0.25, -0.2) is 0 Å². The number of hydrogen-bond donors (Lipinski definition) is 1. The van der Waals surface area contributed by atoms with Crippen LogP contribution in [0.25, 0.3) is 0 Å². The molecule has 0 aromatic rings. The third kappa shape index (κ3) is 2.21. The first kappa shape index (κ1) is 17.0. The van der Waals surface area contributed by atoms with E-state index in [0.717, 1.165) is 62.1 Å². The van der Waals surface area contributed by atoms with Crippen molar-refractivity contribution < 1.29 is 14.6 Å². The van der Waals surface area contributed by atoms with Gasteiger partial charge in [0.2, 0.25) is 0 Å². The Bertz CT molecular complexity index is 541. The van der Waals surface area contributed by atoms with E-state index in [1.165, 1.54) is 32.1 Å². The summed E-state index contributed by atoms with van der Waals surface area (Å²) in [5.74, 6) is 3.66. The summed E-state index contributed by atoms with van der Waals surface area (Å²) >= 11 is 0. The van der Waals surface area contributed by atoms with E-state index in [9.17, 15) is 5.11 Å². The second-order valence-electron chi connectivity index (χ2n) is 10.7. The Hall–Kier alpha value is -0.120. The van der Waals surface area contributed by atoms with Gasteiger partial charge in [0, 0.05) is 12.8 Å². The molecule has 0 amide bonds.